The maximum Gasteiger partial charge on any atom is 1.00 e. The van der Waals surface area contributed by atoms with E-state index < -0.39 is 69.5 Å². The Morgan fingerprint density at radius 3 is 1.24 bits per heavy atom. The average Bonchev–Trinajstić information content (AvgIpc) is 2.99. The van der Waals surface area contributed by atoms with Crippen LogP contribution in [0, 0.1) is 0 Å². The van der Waals surface area contributed by atoms with Crippen LogP contribution in [0.5, 0.6) is 0 Å². The van der Waals surface area contributed by atoms with Crippen molar-refractivity contribution in [3.8, 4) is 0 Å². The fraction of sp³-hybridized carbons (Fsp3) is 1.00. The number of nitrogens with one attached hydrogen (secondary N) is 10. The molecule has 1 aliphatic carbocycles. The zero-order valence-corrected chi connectivity index (χ0v) is 36.8. The summed E-state index contributed by atoms with van der Waals surface area (Å²) >= 11 is 0. The summed E-state index contributed by atoms with van der Waals surface area (Å²) in [4.78, 5) is 3.58. The number of hydrogen-bond acceptors (Lipinski definition) is 22. The molecule has 26 heteroatoms. The molecule has 8 atom stereocenters. The molecule has 1 saturated carbocycles. The van der Waals surface area contributed by atoms with Crippen LogP contribution in [-0.2, 0) is 20.2 Å². The van der Waals surface area contributed by atoms with Crippen molar-refractivity contribution in [2.75, 3.05) is 77.2 Å². The Hall–Kier alpha value is 2.45. The average molecular weight is 813 g/mol. The predicted molar refractivity (Wildman–Crippen MR) is 170 cm³/mol. The SMILES string of the molecule is O=S(=O)([O-])CCNC1NC(NC2CCCC(NC3NC(NCCS(=O)(=O)[O-])NC(N(CCO)CCO)N3)C2)NC(N(CCO)CCO)N1.[K+].[K+]. The van der Waals surface area contributed by atoms with Gasteiger partial charge in [-0.2, -0.15) is 0 Å². The summed E-state index contributed by atoms with van der Waals surface area (Å²) in [6.45, 7) is 0.202. The molecule has 0 aromatic heterocycles. The Labute approximate surface area is 379 Å². The standard InChI is InChI=1S/C24H56N12O10S2.2K/c37-10-6-35(7-11-38)23-31-19(25-4-14-47(41,42)43)29-21(33-23)27-17-2-1-3-18(16-17)28-22-30-20(26-5-15-48(44,45)46)32-24(34-22)36(8-12-39)9-13-40;;/h17-34,37-40H,1-16H2,(H,41,42,43)(H,44,45,46);;/q;2*+1/p-2. The van der Waals surface area contributed by atoms with Crippen LogP contribution in [0.3, 0.4) is 0 Å². The molecule has 3 fully saturated rings. The fourth-order valence-corrected chi connectivity index (χ4v) is 6.71. The van der Waals surface area contributed by atoms with E-state index in [2.05, 4.69) is 53.2 Å². The Bertz CT molecular complexity index is 1050. The van der Waals surface area contributed by atoms with E-state index in [4.69, 9.17) is 0 Å². The van der Waals surface area contributed by atoms with Gasteiger partial charge in [-0.15, -0.1) is 0 Å². The molecule has 2 aliphatic heterocycles. The van der Waals surface area contributed by atoms with Gasteiger partial charge >= 0.3 is 103 Å². The quantitative estimate of drug-likeness (QED) is 0.0356. The van der Waals surface area contributed by atoms with Crippen molar-refractivity contribution in [2.24, 2.45) is 0 Å². The molecule has 2 saturated heterocycles. The van der Waals surface area contributed by atoms with E-state index in [0.29, 0.717) is 6.42 Å². The molecule has 0 bridgehead atoms. The van der Waals surface area contributed by atoms with Gasteiger partial charge in [0.2, 0.25) is 0 Å². The van der Waals surface area contributed by atoms with Crippen molar-refractivity contribution < 1.29 is 149 Å². The van der Waals surface area contributed by atoms with Crippen molar-refractivity contribution in [3.05, 3.63) is 0 Å². The summed E-state index contributed by atoms with van der Waals surface area (Å²) < 4.78 is 66.7. The molecule has 0 spiro atoms. The zero-order chi connectivity index (χ0) is 35.2. The fourth-order valence-electron chi connectivity index (χ4n) is 5.98. The molecule has 0 aromatic rings. The first kappa shape index (κ1) is 50.5. The minimum Gasteiger partial charge on any atom is -0.748 e. The monoisotopic (exact) mass is 812 g/mol. The van der Waals surface area contributed by atoms with E-state index in [1.165, 1.54) is 0 Å². The molecule has 8 unspecified atom stereocenters. The minimum absolute atomic E-state index is 0. The molecule has 0 radical (unpaired) electrons. The summed E-state index contributed by atoms with van der Waals surface area (Å²) in [5, 5.41) is 70.9. The van der Waals surface area contributed by atoms with Crippen molar-refractivity contribution in [3.63, 3.8) is 0 Å². The summed E-state index contributed by atoms with van der Waals surface area (Å²) in [7, 11) is -8.84. The molecule has 0 amide bonds. The first-order chi connectivity index (χ1) is 22.8. The molecule has 3 aliphatic rings. The van der Waals surface area contributed by atoms with Gasteiger partial charge in [0.25, 0.3) is 0 Å². The maximum atomic E-state index is 11.1. The Morgan fingerprint density at radius 1 is 0.580 bits per heavy atom. The van der Waals surface area contributed by atoms with Crippen molar-refractivity contribution in [1.82, 2.24) is 63.0 Å². The second kappa shape index (κ2) is 26.4. The molecule has 284 valence electrons. The van der Waals surface area contributed by atoms with Gasteiger partial charge in [0.1, 0.15) is 37.7 Å². The molecule has 22 nitrogen and oxygen atoms in total. The predicted octanol–water partition coefficient (Wildman–Crippen LogP) is -14.4. The molecule has 2 heterocycles. The van der Waals surface area contributed by atoms with Crippen LogP contribution in [0.15, 0.2) is 0 Å². The van der Waals surface area contributed by atoms with Crippen LogP contribution in [0.2, 0.25) is 0 Å². The number of rotatable bonds is 22. The van der Waals surface area contributed by atoms with Gasteiger partial charge in [0.05, 0.1) is 58.2 Å². The van der Waals surface area contributed by atoms with Gasteiger partial charge in [-0.25, -0.2) is 16.8 Å². The van der Waals surface area contributed by atoms with Crippen molar-refractivity contribution in [2.45, 2.75) is 75.5 Å². The maximum absolute atomic E-state index is 11.1. The minimum atomic E-state index is -4.42. The normalized spacial score (nSPS) is 29.4. The molecule has 3 rings (SSSR count). The van der Waals surface area contributed by atoms with Crippen molar-refractivity contribution in [1.29, 1.82) is 0 Å². The summed E-state index contributed by atoms with van der Waals surface area (Å²) in [6.07, 6.45) is 0.0233. The summed E-state index contributed by atoms with van der Waals surface area (Å²) in [5.41, 5.74) is 0. The third-order valence-corrected chi connectivity index (χ3v) is 9.53. The van der Waals surface area contributed by atoms with Gasteiger partial charge < -0.3 is 29.5 Å². The van der Waals surface area contributed by atoms with Crippen LogP contribution >= 0.6 is 0 Å². The summed E-state index contributed by atoms with van der Waals surface area (Å²) in [5.74, 6) is -1.19. The van der Waals surface area contributed by atoms with Gasteiger partial charge in [-0.05, 0) is 19.3 Å². The second-order valence-corrected chi connectivity index (χ2v) is 14.9. The Balaban J connectivity index is 0.00000625. The van der Waals surface area contributed by atoms with Gasteiger partial charge in [0.15, 0.2) is 0 Å². The smallest absolute Gasteiger partial charge is 0.748 e. The number of hydrogen-bond donors (Lipinski definition) is 14. The van der Waals surface area contributed by atoms with Gasteiger partial charge in [-0.3, -0.25) is 63.0 Å². The van der Waals surface area contributed by atoms with Crippen LogP contribution in [0.4, 0.5) is 0 Å². The molecule has 50 heavy (non-hydrogen) atoms. The van der Waals surface area contributed by atoms with E-state index >= 15 is 0 Å². The molecule has 14 N–H and O–H groups in total. The Kier molecular flexibility index (Phi) is 26.6. The number of aliphatic hydroxyl groups is 4. The molecular formula is C24H54K2N12O10S2. The van der Waals surface area contributed by atoms with E-state index in [1.807, 2.05) is 0 Å². The van der Waals surface area contributed by atoms with E-state index in [1.54, 1.807) is 9.80 Å². The first-order valence-corrected chi connectivity index (χ1v) is 19.3. The number of aliphatic hydroxyl groups excluding tert-OH is 4. The van der Waals surface area contributed by atoms with E-state index in [0.717, 1.165) is 19.3 Å². The first-order valence-electron chi connectivity index (χ1n) is 16.2. The van der Waals surface area contributed by atoms with Gasteiger partial charge in [0, 0.05) is 51.4 Å². The van der Waals surface area contributed by atoms with E-state index in [-0.39, 0.29) is 181 Å². The van der Waals surface area contributed by atoms with Crippen LogP contribution in [-0.4, -0.2) is 183 Å². The third kappa shape index (κ3) is 20.0. The van der Waals surface area contributed by atoms with Crippen LogP contribution < -0.4 is 156 Å². The number of nitrogens with zero attached hydrogens (tertiary/aromatic N) is 2. The van der Waals surface area contributed by atoms with Crippen LogP contribution in [0.25, 0.3) is 0 Å². The Morgan fingerprint density at radius 2 is 0.920 bits per heavy atom. The summed E-state index contributed by atoms with van der Waals surface area (Å²) in [6, 6.07) is 0.0292. The van der Waals surface area contributed by atoms with E-state index in [9.17, 15) is 46.4 Å². The topological polar surface area (TPSA) is 322 Å². The van der Waals surface area contributed by atoms with Crippen LogP contribution in [0.1, 0.15) is 25.7 Å². The largest absolute Gasteiger partial charge is 1.00 e. The molecular weight excluding hydrogens is 759 g/mol. The molecule has 0 aromatic carbocycles. The third-order valence-electron chi connectivity index (χ3n) is 8.12. The zero-order valence-electron chi connectivity index (χ0n) is 28.9. The second-order valence-electron chi connectivity index (χ2n) is 11.8. The van der Waals surface area contributed by atoms with Crippen molar-refractivity contribution >= 4 is 20.2 Å². The van der Waals surface area contributed by atoms with Gasteiger partial charge in [-0.1, -0.05) is 6.42 Å².